The second-order valence-electron chi connectivity index (χ2n) is 7.36. The third-order valence-corrected chi connectivity index (χ3v) is 5.98. The molecule has 2 aromatic carbocycles. The Hall–Kier alpha value is -3.04. The van der Waals surface area contributed by atoms with Gasteiger partial charge in [0.05, 0.1) is 22.0 Å². The van der Waals surface area contributed by atoms with Crippen LogP contribution in [0.4, 0.5) is 4.79 Å². The number of amides is 1. The van der Waals surface area contributed by atoms with Crippen LogP contribution in [0.25, 0.3) is 11.0 Å². The van der Waals surface area contributed by atoms with E-state index in [9.17, 15) is 14.7 Å². The van der Waals surface area contributed by atoms with Crippen LogP contribution in [-0.2, 0) is 11.3 Å². The van der Waals surface area contributed by atoms with Crippen LogP contribution in [0.2, 0.25) is 0 Å². The molecule has 0 atom stereocenters. The van der Waals surface area contributed by atoms with Crippen LogP contribution in [-0.4, -0.2) is 53.8 Å². The predicted molar refractivity (Wildman–Crippen MR) is 122 cm³/mol. The molecule has 0 spiro atoms. The summed E-state index contributed by atoms with van der Waals surface area (Å²) < 4.78 is 17.3. The summed E-state index contributed by atoms with van der Waals surface area (Å²) in [5.74, 6) is 0.606. The van der Waals surface area contributed by atoms with E-state index in [0.717, 1.165) is 0 Å². The lowest BCUT2D eigenvalue weighted by Crippen LogP contribution is -2.48. The summed E-state index contributed by atoms with van der Waals surface area (Å²) in [5, 5.41) is 10.8. The summed E-state index contributed by atoms with van der Waals surface area (Å²) in [6.45, 7) is 4.78. The molecule has 3 aromatic rings. The van der Waals surface area contributed by atoms with Gasteiger partial charge in [-0.1, -0.05) is 12.1 Å². The van der Waals surface area contributed by atoms with Gasteiger partial charge in [-0.05, 0) is 47.1 Å². The zero-order valence-corrected chi connectivity index (χ0v) is 19.1. The number of rotatable bonds is 5. The van der Waals surface area contributed by atoms with Crippen LogP contribution in [0.5, 0.6) is 17.2 Å². The van der Waals surface area contributed by atoms with Gasteiger partial charge in [0, 0.05) is 32.7 Å². The van der Waals surface area contributed by atoms with Gasteiger partial charge in [-0.15, -0.1) is 0 Å². The van der Waals surface area contributed by atoms with E-state index < -0.39 is 0 Å². The Morgan fingerprint density at radius 3 is 2.59 bits per heavy atom. The Kier molecular flexibility index (Phi) is 6.66. The fraction of sp³-hybridized carbons (Fsp3) is 0.304. The number of aromatic hydroxyl groups is 1. The van der Waals surface area contributed by atoms with Gasteiger partial charge in [0.1, 0.15) is 23.3 Å². The number of phenolic OH excluding ortho intramolecular Hbond substituents is 1. The maximum absolute atomic E-state index is 13.0. The number of halogens is 1. The first-order valence-corrected chi connectivity index (χ1v) is 11.1. The van der Waals surface area contributed by atoms with Crippen LogP contribution in [0, 0.1) is 0 Å². The first kappa shape index (κ1) is 22.2. The van der Waals surface area contributed by atoms with E-state index in [4.69, 9.17) is 13.9 Å². The van der Waals surface area contributed by atoms with Gasteiger partial charge in [-0.2, -0.15) is 0 Å². The van der Waals surface area contributed by atoms with E-state index in [1.165, 1.54) is 18.4 Å². The number of piperazine rings is 1. The van der Waals surface area contributed by atoms with Crippen molar-refractivity contribution in [2.45, 2.75) is 13.5 Å². The Labute approximate surface area is 193 Å². The number of carbonyl (C=O) groups is 1. The van der Waals surface area contributed by atoms with Crippen molar-refractivity contribution >= 4 is 33.0 Å². The Morgan fingerprint density at radius 2 is 1.88 bits per heavy atom. The van der Waals surface area contributed by atoms with Gasteiger partial charge in [-0.25, -0.2) is 4.79 Å². The van der Waals surface area contributed by atoms with Gasteiger partial charge < -0.3 is 23.9 Å². The molecule has 1 aliphatic rings. The van der Waals surface area contributed by atoms with Crippen LogP contribution in [0.1, 0.15) is 12.5 Å². The number of benzene rings is 2. The van der Waals surface area contributed by atoms with E-state index in [0.29, 0.717) is 66.1 Å². The van der Waals surface area contributed by atoms with Crippen molar-refractivity contribution in [2.24, 2.45) is 0 Å². The van der Waals surface area contributed by atoms with E-state index in [2.05, 4.69) is 20.8 Å². The Morgan fingerprint density at radius 1 is 1.12 bits per heavy atom. The molecule has 32 heavy (non-hydrogen) atoms. The molecule has 1 amide bonds. The molecule has 1 aromatic heterocycles. The number of carbonyl (C=O) groups excluding carboxylic acids is 1. The van der Waals surface area contributed by atoms with E-state index in [-0.39, 0.29) is 23.0 Å². The summed E-state index contributed by atoms with van der Waals surface area (Å²) >= 11 is 3.40. The summed E-state index contributed by atoms with van der Waals surface area (Å²) in [6, 6.07) is 10.2. The van der Waals surface area contributed by atoms with Crippen molar-refractivity contribution in [1.82, 2.24) is 9.80 Å². The zero-order valence-electron chi connectivity index (χ0n) is 17.5. The number of hydrogen-bond donors (Lipinski definition) is 1. The largest absolute Gasteiger partial charge is 0.507 e. The van der Waals surface area contributed by atoms with Crippen molar-refractivity contribution in [3.8, 4) is 17.2 Å². The maximum atomic E-state index is 13.0. The topological polar surface area (TPSA) is 92.5 Å². The molecule has 8 nitrogen and oxygen atoms in total. The van der Waals surface area contributed by atoms with Crippen molar-refractivity contribution in [3.05, 3.63) is 62.9 Å². The highest BCUT2D eigenvalue weighted by Crippen LogP contribution is 2.31. The highest BCUT2D eigenvalue weighted by molar-refractivity contribution is 9.10. The molecule has 0 bridgehead atoms. The molecular weight excluding hydrogens is 480 g/mol. The molecule has 2 heterocycles. The highest BCUT2D eigenvalue weighted by Gasteiger charge is 2.24. The molecule has 168 valence electrons. The summed E-state index contributed by atoms with van der Waals surface area (Å²) in [4.78, 5) is 28.7. The minimum atomic E-state index is -0.324. The standard InChI is InChI=1S/C23H23BrN2O6/c1-2-30-23(29)26-11-9-25(10-12-26)13-16-18(27)8-7-15-21(28)20(14-31-22(15)16)32-19-6-4-3-5-17(19)24/h3-8,14,27H,2,9-13H2,1H3. The summed E-state index contributed by atoms with van der Waals surface area (Å²) in [6.07, 6.45) is 0.954. The van der Waals surface area contributed by atoms with Crippen molar-refractivity contribution in [1.29, 1.82) is 0 Å². The third kappa shape index (κ3) is 4.58. The molecule has 1 N–H and O–H groups in total. The second kappa shape index (κ2) is 9.62. The molecule has 0 saturated carbocycles. The number of nitrogens with zero attached hydrogens (tertiary/aromatic N) is 2. The predicted octanol–water partition coefficient (Wildman–Crippen LogP) is 4.33. The van der Waals surface area contributed by atoms with E-state index in [1.807, 2.05) is 12.1 Å². The smallest absolute Gasteiger partial charge is 0.409 e. The summed E-state index contributed by atoms with van der Waals surface area (Å²) in [5.41, 5.74) is 0.523. The average molecular weight is 503 g/mol. The molecule has 0 radical (unpaired) electrons. The molecule has 0 unspecified atom stereocenters. The second-order valence-corrected chi connectivity index (χ2v) is 8.22. The number of hydrogen-bond acceptors (Lipinski definition) is 7. The van der Waals surface area contributed by atoms with Crippen LogP contribution >= 0.6 is 15.9 Å². The van der Waals surface area contributed by atoms with Crippen molar-refractivity contribution in [2.75, 3.05) is 32.8 Å². The molecule has 1 saturated heterocycles. The fourth-order valence-corrected chi connectivity index (χ4v) is 3.99. The molecule has 1 fully saturated rings. The fourth-order valence-electron chi connectivity index (χ4n) is 3.63. The highest BCUT2D eigenvalue weighted by atomic mass is 79.9. The molecular formula is C23H23BrN2O6. The summed E-state index contributed by atoms with van der Waals surface area (Å²) in [7, 11) is 0. The number of phenols is 1. The molecule has 0 aliphatic carbocycles. The molecule has 9 heteroatoms. The monoisotopic (exact) mass is 502 g/mol. The van der Waals surface area contributed by atoms with Gasteiger partial charge in [0.25, 0.3) is 0 Å². The first-order chi connectivity index (χ1) is 15.5. The molecule has 4 rings (SSSR count). The third-order valence-electron chi connectivity index (χ3n) is 5.32. The number of para-hydroxylation sites is 1. The lowest BCUT2D eigenvalue weighted by molar-refractivity contribution is 0.0776. The normalized spacial score (nSPS) is 14.5. The van der Waals surface area contributed by atoms with Gasteiger partial charge in [0.2, 0.25) is 11.2 Å². The van der Waals surface area contributed by atoms with Crippen LogP contribution in [0.15, 0.2) is 56.3 Å². The van der Waals surface area contributed by atoms with Gasteiger partial charge in [-0.3, -0.25) is 9.69 Å². The minimum Gasteiger partial charge on any atom is -0.507 e. The van der Waals surface area contributed by atoms with Gasteiger partial charge in [0.15, 0.2) is 0 Å². The van der Waals surface area contributed by atoms with Crippen LogP contribution < -0.4 is 10.2 Å². The zero-order chi connectivity index (χ0) is 22.7. The van der Waals surface area contributed by atoms with Crippen molar-refractivity contribution < 1.29 is 23.8 Å². The first-order valence-electron chi connectivity index (χ1n) is 10.3. The SMILES string of the molecule is CCOC(=O)N1CCN(Cc2c(O)ccc3c(=O)c(Oc4ccccc4Br)coc23)CC1. The Balaban J connectivity index is 1.56. The van der Waals surface area contributed by atoms with Crippen LogP contribution in [0.3, 0.4) is 0 Å². The van der Waals surface area contributed by atoms with E-state index in [1.54, 1.807) is 24.0 Å². The Bertz CT molecular complexity index is 1190. The average Bonchev–Trinajstić information content (AvgIpc) is 2.79. The lowest BCUT2D eigenvalue weighted by atomic mass is 10.1. The number of ether oxygens (including phenoxy) is 2. The van der Waals surface area contributed by atoms with E-state index >= 15 is 0 Å². The van der Waals surface area contributed by atoms with Crippen molar-refractivity contribution in [3.63, 3.8) is 0 Å². The van der Waals surface area contributed by atoms with Gasteiger partial charge >= 0.3 is 6.09 Å². The number of fused-ring (bicyclic) bond motifs is 1. The molecule has 1 aliphatic heterocycles. The maximum Gasteiger partial charge on any atom is 0.409 e. The lowest BCUT2D eigenvalue weighted by Gasteiger charge is -2.34. The minimum absolute atomic E-state index is 0.0490. The quantitative estimate of drug-likeness (QED) is 0.554.